The van der Waals surface area contributed by atoms with E-state index in [-0.39, 0.29) is 4.90 Å². The second kappa shape index (κ2) is 5.51. The number of hydrogen-bond donors (Lipinski definition) is 2. The molecule has 1 aliphatic rings. The molecule has 0 unspecified atom stereocenters. The van der Waals surface area contributed by atoms with E-state index in [9.17, 15) is 18.0 Å². The molecule has 0 aliphatic carbocycles. The molecule has 0 radical (unpaired) electrons. The summed E-state index contributed by atoms with van der Waals surface area (Å²) in [4.78, 5) is 30.0. The predicted octanol–water partition coefficient (Wildman–Crippen LogP) is -1.44. The molecule has 1 aliphatic heterocycles. The van der Waals surface area contributed by atoms with Crippen molar-refractivity contribution in [1.82, 2.24) is 19.6 Å². The molecule has 2 heterocycles. The summed E-state index contributed by atoms with van der Waals surface area (Å²) in [6.07, 6.45) is 2.27. The van der Waals surface area contributed by atoms with Gasteiger partial charge in [0.2, 0.25) is 27.8 Å². The Hall–Kier alpha value is -2.07. The van der Waals surface area contributed by atoms with Gasteiger partial charge in [-0.25, -0.2) is 18.4 Å². The quantitative estimate of drug-likeness (QED) is 0.653. The van der Waals surface area contributed by atoms with E-state index in [1.165, 1.54) is 0 Å². The monoisotopic (exact) mass is 299 g/mol. The van der Waals surface area contributed by atoms with Crippen LogP contribution in [0, 0.1) is 0 Å². The summed E-state index contributed by atoms with van der Waals surface area (Å²) < 4.78 is 25.3. The minimum Gasteiger partial charge on any atom is -0.355 e. The molecule has 0 aromatic carbocycles. The average Bonchev–Trinajstić information content (AvgIpc) is 2.38. The molecule has 2 amide bonds. The fraction of sp³-hybridized carbons (Fsp3) is 0.400. The summed E-state index contributed by atoms with van der Waals surface area (Å²) in [6.45, 7) is 1.66. The van der Waals surface area contributed by atoms with Crippen molar-refractivity contribution in [2.24, 2.45) is 0 Å². The highest BCUT2D eigenvalue weighted by atomic mass is 32.2. The molecule has 0 bridgehead atoms. The SMILES string of the molecule is CCNc1ncc(S(=O)(=O)N2CC(=O)NC(=O)C2)cn1. The fourth-order valence-electron chi connectivity index (χ4n) is 1.63. The number of imide groups is 1. The Balaban J connectivity index is 2.25. The number of nitrogens with one attached hydrogen (secondary N) is 2. The molecular weight excluding hydrogens is 286 g/mol. The van der Waals surface area contributed by atoms with Crippen LogP contribution in [0.25, 0.3) is 0 Å². The van der Waals surface area contributed by atoms with Crippen molar-refractivity contribution < 1.29 is 18.0 Å². The Morgan fingerprint density at radius 2 is 1.80 bits per heavy atom. The van der Waals surface area contributed by atoms with Gasteiger partial charge in [-0.3, -0.25) is 14.9 Å². The summed E-state index contributed by atoms with van der Waals surface area (Å²) in [5.74, 6) is -1.01. The van der Waals surface area contributed by atoms with Crippen molar-refractivity contribution >= 4 is 27.8 Å². The molecule has 108 valence electrons. The Kier molecular flexibility index (Phi) is 3.95. The summed E-state index contributed by atoms with van der Waals surface area (Å²) in [7, 11) is -3.96. The van der Waals surface area contributed by atoms with Crippen LogP contribution in [0.1, 0.15) is 6.92 Å². The Bertz CT molecular complexity index is 612. The maximum atomic E-state index is 12.2. The van der Waals surface area contributed by atoms with Crippen molar-refractivity contribution in [2.45, 2.75) is 11.8 Å². The van der Waals surface area contributed by atoms with Crippen LogP contribution >= 0.6 is 0 Å². The first-order valence-corrected chi connectivity index (χ1v) is 7.26. The number of carbonyl (C=O) groups is 2. The number of aromatic nitrogens is 2. The molecule has 20 heavy (non-hydrogen) atoms. The van der Waals surface area contributed by atoms with Crippen LogP contribution in [-0.4, -0.2) is 54.1 Å². The molecule has 0 spiro atoms. The Labute approximate surface area is 115 Å². The summed E-state index contributed by atoms with van der Waals surface area (Å²) in [6, 6.07) is 0. The zero-order chi connectivity index (χ0) is 14.8. The molecule has 2 rings (SSSR count). The van der Waals surface area contributed by atoms with Crippen LogP contribution < -0.4 is 10.6 Å². The first-order chi connectivity index (χ1) is 9.43. The van der Waals surface area contributed by atoms with E-state index in [1.807, 2.05) is 12.2 Å². The highest BCUT2D eigenvalue weighted by Crippen LogP contribution is 2.15. The smallest absolute Gasteiger partial charge is 0.247 e. The molecule has 0 atom stereocenters. The van der Waals surface area contributed by atoms with Gasteiger partial charge in [0.1, 0.15) is 4.90 Å². The van der Waals surface area contributed by atoms with E-state index in [1.54, 1.807) is 0 Å². The van der Waals surface area contributed by atoms with Gasteiger partial charge in [-0.15, -0.1) is 0 Å². The summed E-state index contributed by atoms with van der Waals surface area (Å²) in [5.41, 5.74) is 0. The lowest BCUT2D eigenvalue weighted by atomic mass is 10.4. The third kappa shape index (κ3) is 2.91. The lowest BCUT2D eigenvalue weighted by Gasteiger charge is -2.24. The van der Waals surface area contributed by atoms with Crippen molar-refractivity contribution in [1.29, 1.82) is 0 Å². The number of anilines is 1. The number of rotatable bonds is 4. The standard InChI is InChI=1S/C10H13N5O4S/c1-2-11-10-12-3-7(4-13-10)20(18,19)15-5-8(16)14-9(17)6-15/h3-4H,2,5-6H2,1H3,(H,11,12,13)(H,14,16,17). The van der Waals surface area contributed by atoms with Gasteiger partial charge >= 0.3 is 0 Å². The lowest BCUT2D eigenvalue weighted by Crippen LogP contribution is -2.53. The largest absolute Gasteiger partial charge is 0.355 e. The van der Waals surface area contributed by atoms with Crippen LogP contribution in [0.5, 0.6) is 0 Å². The third-order valence-electron chi connectivity index (χ3n) is 2.52. The molecule has 1 saturated heterocycles. The number of amides is 2. The van der Waals surface area contributed by atoms with Crippen LogP contribution in [-0.2, 0) is 19.6 Å². The average molecular weight is 299 g/mol. The molecule has 10 heteroatoms. The van der Waals surface area contributed by atoms with Crippen LogP contribution in [0.4, 0.5) is 5.95 Å². The fourth-order valence-corrected chi connectivity index (χ4v) is 2.87. The van der Waals surface area contributed by atoms with Crippen molar-refractivity contribution in [2.75, 3.05) is 25.0 Å². The van der Waals surface area contributed by atoms with Crippen LogP contribution in [0.3, 0.4) is 0 Å². The van der Waals surface area contributed by atoms with Gasteiger partial charge in [0.15, 0.2) is 0 Å². The van der Waals surface area contributed by atoms with Gasteiger partial charge in [0, 0.05) is 6.54 Å². The van der Waals surface area contributed by atoms with Crippen LogP contribution in [0.2, 0.25) is 0 Å². The second-order valence-corrected chi connectivity index (χ2v) is 5.96. The number of piperazine rings is 1. The maximum absolute atomic E-state index is 12.2. The van der Waals surface area contributed by atoms with Crippen molar-refractivity contribution in [3.05, 3.63) is 12.4 Å². The number of nitrogens with zero attached hydrogens (tertiary/aromatic N) is 3. The minimum atomic E-state index is -3.96. The first-order valence-electron chi connectivity index (χ1n) is 5.82. The van der Waals surface area contributed by atoms with E-state index >= 15 is 0 Å². The second-order valence-electron chi connectivity index (χ2n) is 4.02. The number of sulfonamides is 1. The van der Waals surface area contributed by atoms with Crippen molar-refractivity contribution in [3.63, 3.8) is 0 Å². The molecule has 1 aromatic rings. The molecular formula is C10H13N5O4S. The zero-order valence-electron chi connectivity index (χ0n) is 10.7. The van der Waals surface area contributed by atoms with Gasteiger partial charge < -0.3 is 5.32 Å². The molecule has 1 aromatic heterocycles. The third-order valence-corrected chi connectivity index (χ3v) is 4.26. The molecule has 1 fully saturated rings. The van der Waals surface area contributed by atoms with E-state index < -0.39 is 34.9 Å². The minimum absolute atomic E-state index is 0.165. The first kappa shape index (κ1) is 14.3. The number of hydrogen-bond acceptors (Lipinski definition) is 7. The van der Waals surface area contributed by atoms with Gasteiger partial charge in [0.05, 0.1) is 25.5 Å². The lowest BCUT2D eigenvalue weighted by molar-refractivity contribution is -0.134. The van der Waals surface area contributed by atoms with Gasteiger partial charge in [-0.05, 0) is 6.92 Å². The number of carbonyl (C=O) groups excluding carboxylic acids is 2. The Morgan fingerprint density at radius 3 is 2.30 bits per heavy atom. The molecule has 9 nitrogen and oxygen atoms in total. The van der Waals surface area contributed by atoms with Gasteiger partial charge in [-0.2, -0.15) is 4.31 Å². The van der Waals surface area contributed by atoms with E-state index in [0.29, 0.717) is 12.5 Å². The van der Waals surface area contributed by atoms with E-state index in [4.69, 9.17) is 0 Å². The van der Waals surface area contributed by atoms with Gasteiger partial charge in [0.25, 0.3) is 0 Å². The predicted molar refractivity (Wildman–Crippen MR) is 68.1 cm³/mol. The molecule has 0 saturated carbocycles. The highest BCUT2D eigenvalue weighted by Gasteiger charge is 2.33. The maximum Gasteiger partial charge on any atom is 0.247 e. The van der Waals surface area contributed by atoms with Gasteiger partial charge in [-0.1, -0.05) is 0 Å². The summed E-state index contributed by atoms with van der Waals surface area (Å²) >= 11 is 0. The Morgan fingerprint density at radius 1 is 1.25 bits per heavy atom. The van der Waals surface area contributed by atoms with E-state index in [0.717, 1.165) is 16.7 Å². The van der Waals surface area contributed by atoms with E-state index in [2.05, 4.69) is 15.3 Å². The highest BCUT2D eigenvalue weighted by molar-refractivity contribution is 7.89. The van der Waals surface area contributed by atoms with Crippen LogP contribution in [0.15, 0.2) is 17.3 Å². The van der Waals surface area contributed by atoms with Crippen molar-refractivity contribution in [3.8, 4) is 0 Å². The topological polar surface area (TPSA) is 121 Å². The summed E-state index contributed by atoms with van der Waals surface area (Å²) in [5, 5.41) is 4.86. The zero-order valence-corrected chi connectivity index (χ0v) is 11.5. The normalized spacial score (nSPS) is 16.9. The molecule has 2 N–H and O–H groups in total.